The zero-order chi connectivity index (χ0) is 19.7. The van der Waals surface area contributed by atoms with Gasteiger partial charge in [-0.05, 0) is 48.9 Å². The van der Waals surface area contributed by atoms with E-state index in [-0.39, 0.29) is 5.91 Å². The van der Waals surface area contributed by atoms with Crippen LogP contribution in [0.25, 0.3) is 6.08 Å². The van der Waals surface area contributed by atoms with Crippen LogP contribution in [-0.2, 0) is 4.79 Å². The predicted molar refractivity (Wildman–Crippen MR) is 119 cm³/mol. The van der Waals surface area contributed by atoms with Crippen molar-refractivity contribution in [1.82, 2.24) is 0 Å². The van der Waals surface area contributed by atoms with Crippen LogP contribution in [-0.4, -0.2) is 11.7 Å². The Morgan fingerprint density at radius 2 is 1.64 bits per heavy atom. The van der Waals surface area contributed by atoms with E-state index >= 15 is 0 Å². The van der Waals surface area contributed by atoms with Crippen LogP contribution in [0.3, 0.4) is 0 Å². The normalized spacial score (nSPS) is 15.2. The quantitative estimate of drug-likeness (QED) is 0.433. The number of carbonyl (C=O) groups is 1. The lowest BCUT2D eigenvalue weighted by molar-refractivity contribution is -0.113. The Labute approximate surface area is 177 Å². The lowest BCUT2D eigenvalue weighted by Gasteiger charge is -2.19. The van der Waals surface area contributed by atoms with E-state index in [0.717, 1.165) is 21.3 Å². The molecule has 0 atom stereocenters. The van der Waals surface area contributed by atoms with Gasteiger partial charge in [0.1, 0.15) is 11.5 Å². The second kappa shape index (κ2) is 7.74. The van der Waals surface area contributed by atoms with E-state index in [1.165, 1.54) is 5.56 Å². The molecule has 0 fully saturated rings. The van der Waals surface area contributed by atoms with Gasteiger partial charge in [-0.25, -0.2) is 4.99 Å². The summed E-state index contributed by atoms with van der Waals surface area (Å²) in [4.78, 5) is 19.6. The largest absolute Gasteiger partial charge is 0.282 e. The summed E-state index contributed by atoms with van der Waals surface area (Å²) in [5.74, 6) is 0.409. The Bertz CT molecular complexity index is 1100. The minimum Gasteiger partial charge on any atom is -0.266 e. The number of amides is 1. The third kappa shape index (κ3) is 3.66. The molecular weight excluding hydrogens is 436 g/mol. The summed E-state index contributed by atoms with van der Waals surface area (Å²) in [5, 5.41) is 0.616. The summed E-state index contributed by atoms with van der Waals surface area (Å²) in [6, 6.07) is 22.9. The number of aliphatic imine (C=N–C) groups is 1. The molecule has 0 bridgehead atoms. The highest BCUT2D eigenvalue weighted by molar-refractivity contribution is 9.10. The molecule has 3 aromatic rings. The summed E-state index contributed by atoms with van der Waals surface area (Å²) >= 11 is 9.60. The zero-order valence-corrected chi connectivity index (χ0v) is 17.4. The molecule has 5 heteroatoms. The van der Waals surface area contributed by atoms with Gasteiger partial charge in [0, 0.05) is 15.1 Å². The molecule has 4 rings (SSSR count). The first-order valence-corrected chi connectivity index (χ1v) is 9.92. The molecule has 28 heavy (non-hydrogen) atoms. The van der Waals surface area contributed by atoms with Crippen molar-refractivity contribution >= 4 is 51.0 Å². The van der Waals surface area contributed by atoms with Crippen molar-refractivity contribution in [2.45, 2.75) is 6.92 Å². The molecule has 1 heterocycles. The van der Waals surface area contributed by atoms with Crippen molar-refractivity contribution in [2.24, 2.45) is 4.99 Å². The van der Waals surface area contributed by atoms with Crippen molar-refractivity contribution < 1.29 is 4.79 Å². The molecular formula is C23H16BrClN2O. The number of hydrogen-bond acceptors (Lipinski definition) is 2. The Hall–Kier alpha value is -2.69. The molecule has 3 aromatic carbocycles. The molecule has 1 aliphatic rings. The molecule has 3 nitrogen and oxygen atoms in total. The molecule has 0 saturated carbocycles. The number of anilines is 1. The third-order valence-electron chi connectivity index (χ3n) is 4.44. The molecule has 0 N–H and O–H groups in total. The monoisotopic (exact) mass is 450 g/mol. The lowest BCUT2D eigenvalue weighted by atomic mass is 10.1. The van der Waals surface area contributed by atoms with Gasteiger partial charge < -0.3 is 0 Å². The van der Waals surface area contributed by atoms with Gasteiger partial charge in [-0.15, -0.1) is 0 Å². The van der Waals surface area contributed by atoms with Gasteiger partial charge in [0.25, 0.3) is 5.91 Å². The number of rotatable bonds is 3. The Morgan fingerprint density at radius 1 is 0.964 bits per heavy atom. The highest BCUT2D eigenvalue weighted by Gasteiger charge is 2.33. The van der Waals surface area contributed by atoms with Crippen molar-refractivity contribution in [3.8, 4) is 0 Å². The van der Waals surface area contributed by atoms with E-state index < -0.39 is 0 Å². The van der Waals surface area contributed by atoms with E-state index in [0.29, 0.717) is 16.6 Å². The zero-order valence-electron chi connectivity index (χ0n) is 15.1. The van der Waals surface area contributed by atoms with Crippen molar-refractivity contribution in [3.05, 3.63) is 105 Å². The second-order valence-electron chi connectivity index (χ2n) is 6.47. The highest BCUT2D eigenvalue weighted by Crippen LogP contribution is 2.31. The smallest absolute Gasteiger partial charge is 0.266 e. The average molecular weight is 452 g/mol. The minimum atomic E-state index is -0.173. The molecule has 0 aromatic heterocycles. The predicted octanol–water partition coefficient (Wildman–Crippen LogP) is 6.25. The van der Waals surface area contributed by atoms with Crippen molar-refractivity contribution in [1.29, 1.82) is 0 Å². The first-order chi connectivity index (χ1) is 13.5. The van der Waals surface area contributed by atoms with Gasteiger partial charge in [-0.1, -0.05) is 75.6 Å². The van der Waals surface area contributed by atoms with Gasteiger partial charge in [0.05, 0.1) is 5.69 Å². The van der Waals surface area contributed by atoms with Gasteiger partial charge in [0.15, 0.2) is 0 Å². The van der Waals surface area contributed by atoms with Gasteiger partial charge >= 0.3 is 0 Å². The number of carbonyl (C=O) groups excluding carboxylic acids is 1. The summed E-state index contributed by atoms with van der Waals surface area (Å²) in [5.41, 5.74) is 4.06. The standard InChI is InChI=1S/C23H16BrClN2O/c1-15-6-8-16(9-7-15)14-21-23(28)27(18-12-10-17(25)11-13-18)22(26-21)19-4-2-3-5-20(19)24/h2-14H,1H3/b21-14+. The fourth-order valence-electron chi connectivity index (χ4n) is 2.99. The molecule has 0 radical (unpaired) electrons. The fraction of sp³-hybridized carbons (Fsp3) is 0.0435. The first kappa shape index (κ1) is 18.7. The van der Waals surface area contributed by atoms with Gasteiger partial charge in [-0.3, -0.25) is 9.69 Å². The topological polar surface area (TPSA) is 32.7 Å². The van der Waals surface area contributed by atoms with Crippen molar-refractivity contribution in [3.63, 3.8) is 0 Å². The number of amidine groups is 1. The van der Waals surface area contributed by atoms with Crippen LogP contribution < -0.4 is 4.90 Å². The Morgan fingerprint density at radius 3 is 2.32 bits per heavy atom. The average Bonchev–Trinajstić information content (AvgIpc) is 3.01. The van der Waals surface area contributed by atoms with E-state index in [2.05, 4.69) is 20.9 Å². The summed E-state index contributed by atoms with van der Waals surface area (Å²) < 4.78 is 0.872. The van der Waals surface area contributed by atoms with Crippen LogP contribution in [0.4, 0.5) is 5.69 Å². The molecule has 138 valence electrons. The van der Waals surface area contributed by atoms with E-state index in [9.17, 15) is 4.79 Å². The number of nitrogens with zero attached hydrogens (tertiary/aromatic N) is 2. The van der Waals surface area contributed by atoms with Crippen LogP contribution in [0.5, 0.6) is 0 Å². The van der Waals surface area contributed by atoms with Crippen LogP contribution in [0.2, 0.25) is 5.02 Å². The summed E-state index contributed by atoms with van der Waals surface area (Å²) in [7, 11) is 0. The minimum absolute atomic E-state index is 0.173. The van der Waals surface area contributed by atoms with Crippen LogP contribution in [0.1, 0.15) is 16.7 Å². The lowest BCUT2D eigenvalue weighted by Crippen LogP contribution is -2.32. The molecule has 1 amide bonds. The van der Waals surface area contributed by atoms with Crippen molar-refractivity contribution in [2.75, 3.05) is 4.90 Å². The third-order valence-corrected chi connectivity index (χ3v) is 5.38. The van der Waals surface area contributed by atoms with E-state index in [4.69, 9.17) is 11.6 Å². The number of benzene rings is 3. The number of aryl methyl sites for hydroxylation is 1. The second-order valence-corrected chi connectivity index (χ2v) is 7.76. The summed E-state index contributed by atoms with van der Waals surface area (Å²) in [6.45, 7) is 2.03. The Kier molecular flexibility index (Phi) is 5.16. The molecule has 1 aliphatic heterocycles. The van der Waals surface area contributed by atoms with Gasteiger partial charge in [0.2, 0.25) is 0 Å². The first-order valence-electron chi connectivity index (χ1n) is 8.75. The van der Waals surface area contributed by atoms with E-state index in [1.807, 2.05) is 73.7 Å². The van der Waals surface area contributed by atoms with Crippen LogP contribution >= 0.6 is 27.5 Å². The maximum Gasteiger partial charge on any atom is 0.282 e. The Balaban J connectivity index is 1.84. The molecule has 0 aliphatic carbocycles. The summed E-state index contributed by atoms with van der Waals surface area (Å²) in [6.07, 6.45) is 1.81. The molecule has 0 unspecified atom stereocenters. The highest BCUT2D eigenvalue weighted by atomic mass is 79.9. The number of hydrogen-bond donors (Lipinski definition) is 0. The number of halogens is 2. The van der Waals surface area contributed by atoms with Crippen LogP contribution in [0, 0.1) is 6.92 Å². The maximum atomic E-state index is 13.3. The fourth-order valence-corrected chi connectivity index (χ4v) is 3.58. The van der Waals surface area contributed by atoms with Crippen LogP contribution in [0.15, 0.2) is 88.0 Å². The molecule has 0 saturated heterocycles. The SMILES string of the molecule is Cc1ccc(/C=C2/N=C(c3ccccc3Br)N(c3ccc(Cl)cc3)C2=O)cc1. The maximum absolute atomic E-state index is 13.3. The van der Waals surface area contributed by atoms with E-state index in [1.54, 1.807) is 17.0 Å². The molecule has 0 spiro atoms. The van der Waals surface area contributed by atoms with Gasteiger partial charge in [-0.2, -0.15) is 0 Å².